The number of aromatic nitrogens is 5. The highest BCUT2D eigenvalue weighted by atomic mass is 19.4. The van der Waals surface area contributed by atoms with E-state index in [1.165, 1.54) is 0 Å². The standard InChI is InChI=1S/C16H14F3N7/c1-25-7-5-21-14(25)12(15-22-6-8-26(15)2)24-13-10(9-20)3-4-11(23-13)16(17,18)19/h3-8,12H,1-2H3,(H,23,24). The van der Waals surface area contributed by atoms with Crippen molar-refractivity contribution in [3.05, 3.63) is 59.8 Å². The van der Waals surface area contributed by atoms with Crippen molar-refractivity contribution in [3.63, 3.8) is 0 Å². The minimum Gasteiger partial charge on any atom is -0.353 e. The molecule has 0 saturated heterocycles. The zero-order chi connectivity index (χ0) is 18.9. The van der Waals surface area contributed by atoms with Crippen LogP contribution in [-0.2, 0) is 20.3 Å². The molecule has 0 unspecified atom stereocenters. The third-order valence-corrected chi connectivity index (χ3v) is 3.82. The number of nitrogens with one attached hydrogen (secondary N) is 1. The van der Waals surface area contributed by atoms with Crippen LogP contribution in [0.5, 0.6) is 0 Å². The van der Waals surface area contributed by atoms with Crippen molar-refractivity contribution in [2.45, 2.75) is 12.2 Å². The zero-order valence-corrected chi connectivity index (χ0v) is 13.9. The molecule has 0 amide bonds. The topological polar surface area (TPSA) is 84.3 Å². The van der Waals surface area contributed by atoms with Crippen molar-refractivity contribution in [1.29, 1.82) is 5.26 Å². The van der Waals surface area contributed by atoms with Crippen molar-refractivity contribution >= 4 is 5.82 Å². The molecule has 0 bridgehead atoms. The number of alkyl halides is 3. The van der Waals surface area contributed by atoms with E-state index in [9.17, 15) is 18.4 Å². The molecule has 3 heterocycles. The van der Waals surface area contributed by atoms with E-state index in [1.807, 2.05) is 6.07 Å². The van der Waals surface area contributed by atoms with Gasteiger partial charge in [0.1, 0.15) is 35.3 Å². The Bertz CT molecular complexity index is 925. The van der Waals surface area contributed by atoms with Crippen LogP contribution in [0.1, 0.15) is 28.9 Å². The van der Waals surface area contributed by atoms with Crippen molar-refractivity contribution in [2.24, 2.45) is 14.1 Å². The number of nitrogens with zero attached hydrogens (tertiary/aromatic N) is 6. The molecule has 1 N–H and O–H groups in total. The van der Waals surface area contributed by atoms with E-state index >= 15 is 0 Å². The Morgan fingerprint density at radius 1 is 1.08 bits per heavy atom. The van der Waals surface area contributed by atoms with Crippen LogP contribution in [0.15, 0.2) is 36.9 Å². The second-order valence-corrected chi connectivity index (χ2v) is 5.57. The highest BCUT2D eigenvalue weighted by Crippen LogP contribution is 2.31. The average Bonchev–Trinajstić information content (AvgIpc) is 3.20. The van der Waals surface area contributed by atoms with Crippen LogP contribution in [0.25, 0.3) is 0 Å². The molecule has 0 radical (unpaired) electrons. The summed E-state index contributed by atoms with van der Waals surface area (Å²) >= 11 is 0. The van der Waals surface area contributed by atoms with Gasteiger partial charge < -0.3 is 14.5 Å². The average molecular weight is 361 g/mol. The number of hydrogen-bond donors (Lipinski definition) is 1. The van der Waals surface area contributed by atoms with Gasteiger partial charge in [-0.2, -0.15) is 18.4 Å². The van der Waals surface area contributed by atoms with Crippen molar-refractivity contribution in [2.75, 3.05) is 5.32 Å². The smallest absolute Gasteiger partial charge is 0.353 e. The van der Waals surface area contributed by atoms with Crippen LogP contribution in [0, 0.1) is 11.3 Å². The largest absolute Gasteiger partial charge is 0.433 e. The van der Waals surface area contributed by atoms with Crippen LogP contribution in [0.4, 0.5) is 19.0 Å². The van der Waals surface area contributed by atoms with E-state index in [4.69, 9.17) is 0 Å². The first-order chi connectivity index (χ1) is 12.3. The van der Waals surface area contributed by atoms with Gasteiger partial charge in [0.25, 0.3) is 0 Å². The first kappa shape index (κ1) is 17.5. The number of imidazole rings is 2. The van der Waals surface area contributed by atoms with Gasteiger partial charge in [0, 0.05) is 38.9 Å². The van der Waals surface area contributed by atoms with Gasteiger partial charge in [-0.3, -0.25) is 0 Å². The highest BCUT2D eigenvalue weighted by molar-refractivity contribution is 5.54. The monoisotopic (exact) mass is 361 g/mol. The lowest BCUT2D eigenvalue weighted by atomic mass is 10.2. The third kappa shape index (κ3) is 3.23. The predicted octanol–water partition coefficient (Wildman–Crippen LogP) is 2.64. The van der Waals surface area contributed by atoms with Crippen molar-refractivity contribution in [3.8, 4) is 6.07 Å². The number of nitriles is 1. The lowest BCUT2D eigenvalue weighted by Gasteiger charge is -2.20. The number of pyridine rings is 1. The fraction of sp³-hybridized carbons (Fsp3) is 0.250. The molecular formula is C16H14F3N7. The van der Waals surface area contributed by atoms with E-state index in [2.05, 4.69) is 20.3 Å². The number of rotatable bonds is 4. The molecule has 10 heteroatoms. The molecule has 26 heavy (non-hydrogen) atoms. The molecule has 0 saturated carbocycles. The molecule has 0 fully saturated rings. The van der Waals surface area contributed by atoms with Gasteiger partial charge in [-0.1, -0.05) is 0 Å². The van der Waals surface area contributed by atoms with E-state index in [0.717, 1.165) is 12.1 Å². The highest BCUT2D eigenvalue weighted by Gasteiger charge is 2.34. The summed E-state index contributed by atoms with van der Waals surface area (Å²) in [5.74, 6) is 0.850. The molecule has 134 valence electrons. The summed E-state index contributed by atoms with van der Waals surface area (Å²) in [5.41, 5.74) is -1.09. The van der Waals surface area contributed by atoms with Gasteiger partial charge in [-0.25, -0.2) is 15.0 Å². The van der Waals surface area contributed by atoms with Gasteiger partial charge in [-0.15, -0.1) is 0 Å². The van der Waals surface area contributed by atoms with Crippen LogP contribution in [0.2, 0.25) is 0 Å². The molecule has 0 atom stereocenters. The maximum Gasteiger partial charge on any atom is 0.433 e. The van der Waals surface area contributed by atoms with E-state index in [0.29, 0.717) is 11.6 Å². The van der Waals surface area contributed by atoms with Crippen molar-refractivity contribution < 1.29 is 13.2 Å². The van der Waals surface area contributed by atoms with E-state index < -0.39 is 17.9 Å². The molecular weight excluding hydrogens is 347 g/mol. The molecule has 0 aliphatic rings. The van der Waals surface area contributed by atoms with Crippen LogP contribution >= 0.6 is 0 Å². The normalized spacial score (nSPS) is 11.6. The number of anilines is 1. The predicted molar refractivity (Wildman–Crippen MR) is 85.8 cm³/mol. The van der Waals surface area contributed by atoms with Crippen LogP contribution < -0.4 is 5.32 Å². The first-order valence-electron chi connectivity index (χ1n) is 7.50. The number of aryl methyl sites for hydroxylation is 2. The summed E-state index contributed by atoms with van der Waals surface area (Å²) < 4.78 is 42.5. The quantitative estimate of drug-likeness (QED) is 0.772. The molecule has 0 aromatic carbocycles. The summed E-state index contributed by atoms with van der Waals surface area (Å²) in [7, 11) is 3.51. The van der Waals surface area contributed by atoms with Gasteiger partial charge in [0.2, 0.25) is 0 Å². The third-order valence-electron chi connectivity index (χ3n) is 3.82. The Kier molecular flexibility index (Phi) is 4.38. The van der Waals surface area contributed by atoms with E-state index in [-0.39, 0.29) is 11.4 Å². The minimum absolute atomic E-state index is 0.00795. The summed E-state index contributed by atoms with van der Waals surface area (Å²) in [6, 6.07) is 3.02. The SMILES string of the molecule is Cn1ccnc1C(Nc1nc(C(F)(F)F)ccc1C#N)c1nccn1C. The molecule has 3 rings (SSSR count). The molecule has 0 aliphatic carbocycles. The zero-order valence-electron chi connectivity index (χ0n) is 13.9. The van der Waals surface area contributed by atoms with Crippen LogP contribution in [0.3, 0.4) is 0 Å². The fourth-order valence-electron chi connectivity index (χ4n) is 2.51. The Hall–Kier alpha value is -3.35. The second kappa shape index (κ2) is 6.51. The summed E-state index contributed by atoms with van der Waals surface area (Å²) in [6.07, 6.45) is 1.93. The molecule has 0 aliphatic heterocycles. The number of hydrogen-bond acceptors (Lipinski definition) is 5. The van der Waals surface area contributed by atoms with Crippen molar-refractivity contribution in [1.82, 2.24) is 24.1 Å². The molecule has 7 nitrogen and oxygen atoms in total. The van der Waals surface area contributed by atoms with Gasteiger partial charge >= 0.3 is 6.18 Å². The van der Waals surface area contributed by atoms with E-state index in [1.54, 1.807) is 48.0 Å². The number of halogens is 3. The lowest BCUT2D eigenvalue weighted by Crippen LogP contribution is -2.22. The second-order valence-electron chi connectivity index (χ2n) is 5.57. The maximum atomic E-state index is 13.0. The van der Waals surface area contributed by atoms with Gasteiger partial charge in [0.05, 0.1) is 5.56 Å². The summed E-state index contributed by atoms with van der Waals surface area (Å²) in [4.78, 5) is 12.1. The molecule has 0 spiro atoms. The maximum absolute atomic E-state index is 13.0. The van der Waals surface area contributed by atoms with Gasteiger partial charge in [0.15, 0.2) is 0 Å². The Labute approximate surface area is 146 Å². The van der Waals surface area contributed by atoms with Gasteiger partial charge in [-0.05, 0) is 12.1 Å². The van der Waals surface area contributed by atoms with Crippen LogP contribution in [-0.4, -0.2) is 24.1 Å². The summed E-state index contributed by atoms with van der Waals surface area (Å²) in [5, 5.41) is 12.1. The Balaban J connectivity index is 2.10. The Morgan fingerprint density at radius 2 is 1.65 bits per heavy atom. The molecule has 3 aromatic heterocycles. The first-order valence-corrected chi connectivity index (χ1v) is 7.50. The molecule has 3 aromatic rings. The lowest BCUT2D eigenvalue weighted by molar-refractivity contribution is -0.141. The minimum atomic E-state index is -4.62. The fourth-order valence-corrected chi connectivity index (χ4v) is 2.51. The Morgan fingerprint density at radius 3 is 2.08 bits per heavy atom. The summed E-state index contributed by atoms with van der Waals surface area (Å²) in [6.45, 7) is 0.